The van der Waals surface area contributed by atoms with Gasteiger partial charge in [-0.05, 0) is 40.1 Å². The molecule has 0 amide bonds. The molecular weight excluding hydrogens is 223 g/mol. The van der Waals surface area contributed by atoms with E-state index in [0.717, 1.165) is 8.19 Å². The third-order valence-corrected chi connectivity index (χ3v) is 6.13. The molecule has 0 nitrogen and oxygen atoms in total. The second kappa shape index (κ2) is 4.50. The Bertz CT molecular complexity index is 468. The first-order valence-electron chi connectivity index (χ1n) is 6.86. The second-order valence-corrected chi connectivity index (χ2v) is 7.07. The maximum absolute atomic E-state index is 2.50. The van der Waals surface area contributed by atoms with Crippen molar-refractivity contribution in [2.45, 2.75) is 50.9 Å². The number of hydrogen-bond acceptors (Lipinski definition) is 0. The lowest BCUT2D eigenvalue weighted by molar-refractivity contribution is 0.418. The largest absolute Gasteiger partial charge is 0.128 e. The summed E-state index contributed by atoms with van der Waals surface area (Å²) in [6.07, 6.45) is 8.54. The minimum atomic E-state index is 0.494. The molecule has 0 N–H and O–H groups in total. The summed E-state index contributed by atoms with van der Waals surface area (Å²) < 4.78 is 0. The van der Waals surface area contributed by atoms with Gasteiger partial charge in [0.1, 0.15) is 0 Å². The van der Waals surface area contributed by atoms with Gasteiger partial charge in [-0.2, -0.15) is 0 Å². The fraction of sp³-hybridized carbons (Fsp3) is 0.500. The van der Waals surface area contributed by atoms with E-state index in [1.165, 1.54) is 43.9 Å². The van der Waals surface area contributed by atoms with Gasteiger partial charge in [0, 0.05) is 0 Å². The molecule has 1 saturated carbocycles. The quantitative estimate of drug-likeness (QED) is 0.582. The van der Waals surface area contributed by atoms with Crippen LogP contribution in [0.2, 0.25) is 0 Å². The molecule has 1 aliphatic rings. The monoisotopic (exact) mass is 244 g/mol. The Hall–Kier alpha value is -0.740. The van der Waals surface area contributed by atoms with E-state index in [2.05, 4.69) is 37.3 Å². The third-order valence-electron chi connectivity index (χ3n) is 4.39. The van der Waals surface area contributed by atoms with E-state index in [0.29, 0.717) is 5.41 Å². The Balaban J connectivity index is 2.01. The molecule has 0 bridgehead atoms. The molecule has 2 aromatic rings. The fourth-order valence-corrected chi connectivity index (χ4v) is 4.73. The third kappa shape index (κ3) is 2.16. The van der Waals surface area contributed by atoms with Gasteiger partial charge in [0.2, 0.25) is 0 Å². The predicted octanol–water partition coefficient (Wildman–Crippen LogP) is 5.48. The SMILES string of the molecule is CC1(c2cc3ccccc3[pH]2)CCCCCC1. The Kier molecular flexibility index (Phi) is 3.01. The summed E-state index contributed by atoms with van der Waals surface area (Å²) in [7, 11) is 0.931. The topological polar surface area (TPSA) is 0 Å². The second-order valence-electron chi connectivity index (χ2n) is 5.75. The van der Waals surface area contributed by atoms with Gasteiger partial charge < -0.3 is 0 Å². The lowest BCUT2D eigenvalue weighted by Gasteiger charge is -2.27. The van der Waals surface area contributed by atoms with E-state index in [1.54, 1.807) is 10.4 Å². The van der Waals surface area contributed by atoms with Crippen LogP contribution in [0.1, 0.15) is 50.7 Å². The Morgan fingerprint density at radius 2 is 1.71 bits per heavy atom. The van der Waals surface area contributed by atoms with E-state index in [9.17, 15) is 0 Å². The van der Waals surface area contributed by atoms with E-state index in [-0.39, 0.29) is 0 Å². The van der Waals surface area contributed by atoms with Crippen molar-refractivity contribution < 1.29 is 0 Å². The van der Waals surface area contributed by atoms with Crippen LogP contribution in [0.5, 0.6) is 0 Å². The summed E-state index contributed by atoms with van der Waals surface area (Å²) in [4.78, 5) is 0. The van der Waals surface area contributed by atoms with Crippen LogP contribution in [0.25, 0.3) is 10.5 Å². The first-order chi connectivity index (χ1) is 8.28. The van der Waals surface area contributed by atoms with Gasteiger partial charge in [-0.25, -0.2) is 0 Å². The molecule has 3 rings (SSSR count). The highest BCUT2D eigenvalue weighted by Gasteiger charge is 2.28. The minimum absolute atomic E-state index is 0.494. The number of benzene rings is 1. The molecule has 0 spiro atoms. The van der Waals surface area contributed by atoms with E-state index in [1.807, 2.05) is 0 Å². The van der Waals surface area contributed by atoms with Crippen LogP contribution in [0.4, 0.5) is 0 Å². The van der Waals surface area contributed by atoms with Gasteiger partial charge in [0.25, 0.3) is 0 Å². The van der Waals surface area contributed by atoms with Crippen molar-refractivity contribution in [3.05, 3.63) is 35.6 Å². The zero-order valence-electron chi connectivity index (χ0n) is 10.6. The van der Waals surface area contributed by atoms with Gasteiger partial charge in [-0.15, -0.1) is 8.19 Å². The molecule has 90 valence electrons. The maximum Gasteiger partial charge on any atom is -0.00154 e. The number of rotatable bonds is 1. The first kappa shape index (κ1) is 11.4. The molecular formula is C16H21P. The normalized spacial score (nSPS) is 20.8. The van der Waals surface area contributed by atoms with Crippen molar-refractivity contribution in [2.75, 3.05) is 0 Å². The molecule has 0 radical (unpaired) electrons. The predicted molar refractivity (Wildman–Crippen MR) is 78.5 cm³/mol. The Morgan fingerprint density at radius 1 is 1.00 bits per heavy atom. The standard InChI is InChI=1S/C16H21P/c1-16(10-6-2-3-7-11-16)15-12-13-8-4-5-9-14(13)17-15/h4-5,8-9,12,17H,2-3,6-7,10-11H2,1H3. The van der Waals surface area contributed by atoms with Crippen molar-refractivity contribution >= 4 is 18.7 Å². The average molecular weight is 244 g/mol. The highest BCUT2D eigenvalue weighted by Crippen LogP contribution is 2.45. The molecule has 1 unspecified atom stereocenters. The van der Waals surface area contributed by atoms with Gasteiger partial charge in [-0.1, -0.05) is 56.9 Å². The molecule has 1 heteroatoms. The van der Waals surface area contributed by atoms with E-state index >= 15 is 0 Å². The van der Waals surface area contributed by atoms with Crippen LogP contribution >= 0.6 is 8.19 Å². The lowest BCUT2D eigenvalue weighted by Crippen LogP contribution is -2.18. The van der Waals surface area contributed by atoms with Crippen molar-refractivity contribution in [3.63, 3.8) is 0 Å². The minimum Gasteiger partial charge on any atom is -0.128 e. The number of hydrogen-bond donors (Lipinski definition) is 0. The van der Waals surface area contributed by atoms with Gasteiger partial charge >= 0.3 is 0 Å². The van der Waals surface area contributed by atoms with Gasteiger partial charge in [-0.3, -0.25) is 0 Å². The molecule has 1 fully saturated rings. The molecule has 17 heavy (non-hydrogen) atoms. The van der Waals surface area contributed by atoms with Crippen LogP contribution < -0.4 is 0 Å². The summed E-state index contributed by atoms with van der Waals surface area (Å²) >= 11 is 0. The molecule has 0 saturated heterocycles. The summed E-state index contributed by atoms with van der Waals surface area (Å²) in [5, 5.41) is 4.76. The summed E-state index contributed by atoms with van der Waals surface area (Å²) in [5.74, 6) is 0. The summed E-state index contributed by atoms with van der Waals surface area (Å²) in [5.41, 5.74) is 0.494. The summed E-state index contributed by atoms with van der Waals surface area (Å²) in [6, 6.07) is 11.4. The van der Waals surface area contributed by atoms with Crippen molar-refractivity contribution in [2.24, 2.45) is 0 Å². The first-order valence-corrected chi connectivity index (χ1v) is 7.86. The van der Waals surface area contributed by atoms with E-state index < -0.39 is 0 Å². The van der Waals surface area contributed by atoms with Crippen LogP contribution in [0.15, 0.2) is 30.3 Å². The molecule has 1 heterocycles. The number of fused-ring (bicyclic) bond motifs is 1. The van der Waals surface area contributed by atoms with Crippen molar-refractivity contribution in [1.82, 2.24) is 0 Å². The highest BCUT2D eigenvalue weighted by molar-refractivity contribution is 7.38. The maximum atomic E-state index is 2.50. The molecule has 1 aromatic heterocycles. The van der Waals surface area contributed by atoms with Gasteiger partial charge in [0.05, 0.1) is 0 Å². The van der Waals surface area contributed by atoms with Crippen LogP contribution in [0, 0.1) is 0 Å². The average Bonchev–Trinajstić information content (AvgIpc) is 2.66. The molecule has 0 aliphatic heterocycles. The van der Waals surface area contributed by atoms with Crippen molar-refractivity contribution in [1.29, 1.82) is 0 Å². The molecule has 1 aliphatic carbocycles. The van der Waals surface area contributed by atoms with Gasteiger partial charge in [0.15, 0.2) is 0 Å². The lowest BCUT2D eigenvalue weighted by atomic mass is 9.81. The van der Waals surface area contributed by atoms with E-state index in [4.69, 9.17) is 0 Å². The fourth-order valence-electron chi connectivity index (χ4n) is 3.18. The summed E-state index contributed by atoms with van der Waals surface area (Å²) in [6.45, 7) is 2.50. The van der Waals surface area contributed by atoms with Crippen LogP contribution in [-0.2, 0) is 5.41 Å². The van der Waals surface area contributed by atoms with Crippen LogP contribution in [0.3, 0.4) is 0 Å². The van der Waals surface area contributed by atoms with Crippen molar-refractivity contribution in [3.8, 4) is 0 Å². The highest BCUT2D eigenvalue weighted by atomic mass is 31.0. The van der Waals surface area contributed by atoms with Crippen LogP contribution in [-0.4, -0.2) is 0 Å². The molecule has 1 aromatic carbocycles. The zero-order valence-corrected chi connectivity index (χ0v) is 11.6. The smallest absolute Gasteiger partial charge is 0.00154 e. The molecule has 1 atom stereocenters. The zero-order chi connectivity index (χ0) is 11.7. The Morgan fingerprint density at radius 3 is 2.41 bits per heavy atom. The Labute approximate surface area is 106 Å².